The van der Waals surface area contributed by atoms with Crippen LogP contribution < -0.4 is 15.0 Å². The fourth-order valence-corrected chi connectivity index (χ4v) is 2.51. The third kappa shape index (κ3) is 4.90. The molecule has 0 aliphatic carbocycles. The number of nitrogens with zero attached hydrogens (tertiary/aromatic N) is 1. The van der Waals surface area contributed by atoms with Crippen molar-refractivity contribution >= 4 is 28.9 Å². The van der Waals surface area contributed by atoms with Gasteiger partial charge in [0, 0.05) is 29.5 Å². The van der Waals surface area contributed by atoms with Crippen LogP contribution in [0.2, 0.25) is 5.02 Å². The van der Waals surface area contributed by atoms with Gasteiger partial charge in [0.1, 0.15) is 5.75 Å². The second-order valence-electron chi connectivity index (χ2n) is 5.47. The third-order valence-electron chi connectivity index (χ3n) is 3.78. The molecule has 0 unspecified atom stereocenters. The fraction of sp³-hybridized carbons (Fsp3) is 0.316. The van der Waals surface area contributed by atoms with Gasteiger partial charge < -0.3 is 15.0 Å². The Balaban J connectivity index is 1.88. The topological polar surface area (TPSA) is 41.6 Å². The number of carbonyl (C=O) groups excluding carboxylic acids is 1. The molecule has 0 bridgehead atoms. The molecular formula is C19H23ClN2O2. The Morgan fingerprint density at radius 3 is 2.38 bits per heavy atom. The van der Waals surface area contributed by atoms with E-state index in [0.717, 1.165) is 30.0 Å². The van der Waals surface area contributed by atoms with Crippen LogP contribution in [-0.2, 0) is 4.79 Å². The summed E-state index contributed by atoms with van der Waals surface area (Å²) >= 11 is 5.97. The van der Waals surface area contributed by atoms with Gasteiger partial charge in [-0.25, -0.2) is 0 Å². The number of ether oxygens (including phenoxy) is 1. The molecule has 2 aromatic rings. The molecule has 1 amide bonds. The van der Waals surface area contributed by atoms with Gasteiger partial charge in [0.05, 0.1) is 0 Å². The van der Waals surface area contributed by atoms with Crippen molar-refractivity contribution < 1.29 is 9.53 Å². The molecule has 24 heavy (non-hydrogen) atoms. The summed E-state index contributed by atoms with van der Waals surface area (Å²) in [5, 5.41) is 3.51. The summed E-state index contributed by atoms with van der Waals surface area (Å²) in [6, 6.07) is 13.1. The van der Waals surface area contributed by atoms with E-state index < -0.39 is 0 Å². The van der Waals surface area contributed by atoms with E-state index in [1.807, 2.05) is 37.3 Å². The zero-order chi connectivity index (χ0) is 17.5. The van der Waals surface area contributed by atoms with Crippen molar-refractivity contribution in [2.24, 2.45) is 0 Å². The fourth-order valence-electron chi connectivity index (χ4n) is 2.40. The van der Waals surface area contributed by atoms with Crippen LogP contribution in [0.1, 0.15) is 19.4 Å². The highest BCUT2D eigenvalue weighted by Crippen LogP contribution is 2.21. The molecule has 2 aromatic carbocycles. The second kappa shape index (κ2) is 8.60. The Hall–Kier alpha value is -2.20. The largest absolute Gasteiger partial charge is 0.484 e. The lowest BCUT2D eigenvalue weighted by atomic mass is 10.2. The Labute approximate surface area is 148 Å². The smallest absolute Gasteiger partial charge is 0.262 e. The monoisotopic (exact) mass is 346 g/mol. The molecule has 0 saturated carbocycles. The summed E-state index contributed by atoms with van der Waals surface area (Å²) in [7, 11) is 0. The zero-order valence-corrected chi connectivity index (χ0v) is 15.1. The van der Waals surface area contributed by atoms with Crippen molar-refractivity contribution in [1.82, 2.24) is 0 Å². The van der Waals surface area contributed by atoms with Crippen LogP contribution in [-0.4, -0.2) is 25.6 Å². The van der Waals surface area contributed by atoms with Crippen LogP contribution in [0.3, 0.4) is 0 Å². The van der Waals surface area contributed by atoms with Crippen LogP contribution in [0.5, 0.6) is 5.75 Å². The molecule has 1 N–H and O–H groups in total. The maximum absolute atomic E-state index is 12.0. The Morgan fingerprint density at radius 1 is 1.12 bits per heavy atom. The van der Waals surface area contributed by atoms with Gasteiger partial charge in [0.15, 0.2) is 6.61 Å². The highest BCUT2D eigenvalue weighted by molar-refractivity contribution is 6.31. The zero-order valence-electron chi connectivity index (χ0n) is 14.3. The standard InChI is InChI=1S/C19H23ClN2O2/c1-4-22(5-2)16-8-6-15(7-9-16)21-19(23)13-24-17-10-11-18(20)14(3)12-17/h6-12H,4-5,13H2,1-3H3,(H,21,23). The average Bonchev–Trinajstić information content (AvgIpc) is 2.58. The number of amides is 1. The van der Waals surface area contributed by atoms with Crippen LogP contribution in [0, 0.1) is 6.92 Å². The summed E-state index contributed by atoms with van der Waals surface area (Å²) in [5.74, 6) is 0.433. The number of nitrogens with one attached hydrogen (secondary N) is 1. The number of benzene rings is 2. The first kappa shape index (κ1) is 18.1. The highest BCUT2D eigenvalue weighted by Gasteiger charge is 2.06. The molecule has 0 radical (unpaired) electrons. The lowest BCUT2D eigenvalue weighted by molar-refractivity contribution is -0.118. The maximum Gasteiger partial charge on any atom is 0.262 e. The number of aryl methyl sites for hydroxylation is 1. The lowest BCUT2D eigenvalue weighted by Crippen LogP contribution is -2.22. The van der Waals surface area contributed by atoms with E-state index in [2.05, 4.69) is 24.1 Å². The van der Waals surface area contributed by atoms with E-state index in [0.29, 0.717) is 10.8 Å². The normalized spacial score (nSPS) is 10.3. The Kier molecular flexibility index (Phi) is 6.50. The SMILES string of the molecule is CCN(CC)c1ccc(NC(=O)COc2ccc(Cl)c(C)c2)cc1. The lowest BCUT2D eigenvalue weighted by Gasteiger charge is -2.21. The van der Waals surface area contributed by atoms with Gasteiger partial charge in [0.25, 0.3) is 5.91 Å². The van der Waals surface area contributed by atoms with Gasteiger partial charge >= 0.3 is 0 Å². The average molecular weight is 347 g/mol. The van der Waals surface area contributed by atoms with Gasteiger partial charge in [-0.1, -0.05) is 11.6 Å². The molecule has 0 aliphatic heterocycles. The molecule has 5 heteroatoms. The molecule has 0 saturated heterocycles. The number of halogens is 1. The second-order valence-corrected chi connectivity index (χ2v) is 5.87. The minimum atomic E-state index is -0.196. The van der Waals surface area contributed by atoms with Crippen molar-refractivity contribution in [3.05, 3.63) is 53.1 Å². The summed E-state index contributed by atoms with van der Waals surface area (Å²) in [4.78, 5) is 14.2. The molecule has 0 heterocycles. The minimum Gasteiger partial charge on any atom is -0.484 e. The molecule has 2 rings (SSSR count). The van der Waals surface area contributed by atoms with Gasteiger partial charge in [0.2, 0.25) is 0 Å². The maximum atomic E-state index is 12.0. The third-order valence-corrected chi connectivity index (χ3v) is 4.20. The van der Waals surface area contributed by atoms with E-state index in [4.69, 9.17) is 16.3 Å². The molecule has 0 spiro atoms. The van der Waals surface area contributed by atoms with Gasteiger partial charge in [-0.15, -0.1) is 0 Å². The summed E-state index contributed by atoms with van der Waals surface area (Å²) in [5.41, 5.74) is 2.82. The number of hydrogen-bond acceptors (Lipinski definition) is 3. The van der Waals surface area contributed by atoms with Crippen molar-refractivity contribution in [3.8, 4) is 5.75 Å². The number of hydrogen-bond donors (Lipinski definition) is 1. The summed E-state index contributed by atoms with van der Waals surface area (Å²) in [6.07, 6.45) is 0. The molecule has 0 aromatic heterocycles. The van der Waals surface area contributed by atoms with Gasteiger partial charge in [-0.2, -0.15) is 0 Å². The molecule has 0 fully saturated rings. The molecule has 0 aliphatic rings. The quantitative estimate of drug-likeness (QED) is 0.801. The van der Waals surface area contributed by atoms with Crippen molar-refractivity contribution in [2.45, 2.75) is 20.8 Å². The van der Waals surface area contributed by atoms with Crippen LogP contribution in [0.25, 0.3) is 0 Å². The Morgan fingerprint density at radius 2 is 1.79 bits per heavy atom. The van der Waals surface area contributed by atoms with E-state index in [1.54, 1.807) is 12.1 Å². The molecular weight excluding hydrogens is 324 g/mol. The van der Waals surface area contributed by atoms with Crippen molar-refractivity contribution in [1.29, 1.82) is 0 Å². The van der Waals surface area contributed by atoms with E-state index in [-0.39, 0.29) is 12.5 Å². The van der Waals surface area contributed by atoms with Crippen LogP contribution in [0.4, 0.5) is 11.4 Å². The number of rotatable bonds is 7. The number of anilines is 2. The van der Waals surface area contributed by atoms with Crippen LogP contribution >= 0.6 is 11.6 Å². The van der Waals surface area contributed by atoms with E-state index in [1.165, 1.54) is 0 Å². The molecule has 128 valence electrons. The summed E-state index contributed by atoms with van der Waals surface area (Å²) < 4.78 is 5.49. The van der Waals surface area contributed by atoms with Crippen molar-refractivity contribution in [2.75, 3.05) is 29.9 Å². The number of carbonyl (C=O) groups is 1. The summed E-state index contributed by atoms with van der Waals surface area (Å²) in [6.45, 7) is 8.00. The van der Waals surface area contributed by atoms with E-state index >= 15 is 0 Å². The molecule has 0 atom stereocenters. The van der Waals surface area contributed by atoms with Crippen molar-refractivity contribution in [3.63, 3.8) is 0 Å². The predicted octanol–water partition coefficient (Wildman–Crippen LogP) is 4.51. The highest BCUT2D eigenvalue weighted by atomic mass is 35.5. The first-order chi connectivity index (χ1) is 11.5. The molecule has 4 nitrogen and oxygen atoms in total. The first-order valence-electron chi connectivity index (χ1n) is 8.07. The van der Waals surface area contributed by atoms with Crippen LogP contribution in [0.15, 0.2) is 42.5 Å². The Bertz CT molecular complexity index is 682. The van der Waals surface area contributed by atoms with Gasteiger partial charge in [-0.05, 0) is 68.8 Å². The van der Waals surface area contributed by atoms with Gasteiger partial charge in [-0.3, -0.25) is 4.79 Å². The first-order valence-corrected chi connectivity index (χ1v) is 8.45. The predicted molar refractivity (Wildman–Crippen MR) is 100 cm³/mol. The van der Waals surface area contributed by atoms with E-state index in [9.17, 15) is 4.79 Å². The minimum absolute atomic E-state index is 0.0428.